The molecule has 1 aliphatic heterocycles. The van der Waals surface area contributed by atoms with Crippen LogP contribution in [0.25, 0.3) is 16.5 Å². The van der Waals surface area contributed by atoms with E-state index in [0.717, 1.165) is 27.7 Å². The first-order valence-corrected chi connectivity index (χ1v) is 10.1. The van der Waals surface area contributed by atoms with Gasteiger partial charge in [-0.2, -0.15) is 5.10 Å². The zero-order valence-electron chi connectivity index (χ0n) is 16.2. The van der Waals surface area contributed by atoms with Gasteiger partial charge in [0.25, 0.3) is 0 Å². The van der Waals surface area contributed by atoms with Crippen molar-refractivity contribution in [2.75, 3.05) is 5.32 Å². The highest BCUT2D eigenvalue weighted by atomic mass is 35.5. The van der Waals surface area contributed by atoms with Crippen LogP contribution in [0.3, 0.4) is 0 Å². The number of ketones is 1. The maximum atomic E-state index is 13.6. The lowest BCUT2D eigenvalue weighted by Gasteiger charge is -2.23. The fourth-order valence-corrected chi connectivity index (χ4v) is 4.29. The standard InChI is InChI=1S/C24H18ClN3O2/c1-14-22-20(23(30)19-8-4-6-15-5-2-3-7-18(15)19)13-21(29)26-24(22)28(27-14)17-11-9-16(25)10-12-17/h2-12,20H,13H2,1H3,(H,26,29). The largest absolute Gasteiger partial charge is 0.310 e. The molecule has 0 saturated carbocycles. The number of carbonyl (C=O) groups is 2. The molecule has 5 rings (SSSR count). The number of anilines is 1. The second-order valence-electron chi connectivity index (χ2n) is 7.43. The number of Topliss-reactive ketones (excluding diaryl/α,β-unsaturated/α-hetero) is 1. The van der Waals surface area contributed by atoms with E-state index in [1.165, 1.54) is 0 Å². The van der Waals surface area contributed by atoms with Gasteiger partial charge in [-0.3, -0.25) is 9.59 Å². The molecule has 6 heteroatoms. The van der Waals surface area contributed by atoms with E-state index < -0.39 is 5.92 Å². The third kappa shape index (κ3) is 2.99. The molecule has 0 radical (unpaired) electrons. The van der Waals surface area contributed by atoms with Crippen LogP contribution < -0.4 is 5.32 Å². The first-order valence-electron chi connectivity index (χ1n) is 9.70. The summed E-state index contributed by atoms with van der Waals surface area (Å²) in [4.78, 5) is 26.2. The number of rotatable bonds is 3. The number of hydrogen-bond acceptors (Lipinski definition) is 3. The highest BCUT2D eigenvalue weighted by molar-refractivity contribution is 6.30. The van der Waals surface area contributed by atoms with Gasteiger partial charge in [0.05, 0.1) is 17.3 Å². The number of amides is 1. The molecule has 148 valence electrons. The lowest BCUT2D eigenvalue weighted by Crippen LogP contribution is -2.28. The van der Waals surface area contributed by atoms with Crippen LogP contribution in [-0.4, -0.2) is 21.5 Å². The molecule has 0 aliphatic carbocycles. The molecule has 30 heavy (non-hydrogen) atoms. The van der Waals surface area contributed by atoms with Gasteiger partial charge in [-0.25, -0.2) is 4.68 Å². The average molecular weight is 416 g/mol. The summed E-state index contributed by atoms with van der Waals surface area (Å²) in [5, 5.41) is 10.0. The van der Waals surface area contributed by atoms with Gasteiger partial charge in [-0.05, 0) is 42.0 Å². The number of nitrogens with one attached hydrogen (secondary N) is 1. The summed E-state index contributed by atoms with van der Waals surface area (Å²) in [5.74, 6) is -0.303. The van der Waals surface area contributed by atoms with Crippen molar-refractivity contribution in [1.82, 2.24) is 9.78 Å². The maximum Gasteiger partial charge on any atom is 0.226 e. The van der Waals surface area contributed by atoms with Crippen LogP contribution in [0.2, 0.25) is 5.02 Å². The summed E-state index contributed by atoms with van der Waals surface area (Å²) in [7, 11) is 0. The quantitative estimate of drug-likeness (QED) is 0.462. The molecule has 0 fully saturated rings. The van der Waals surface area contributed by atoms with Gasteiger partial charge >= 0.3 is 0 Å². The monoisotopic (exact) mass is 415 g/mol. The van der Waals surface area contributed by atoms with Crippen molar-refractivity contribution in [3.05, 3.63) is 88.6 Å². The molecule has 1 N–H and O–H groups in total. The van der Waals surface area contributed by atoms with Gasteiger partial charge in [0.1, 0.15) is 5.82 Å². The van der Waals surface area contributed by atoms with Gasteiger partial charge in [0.15, 0.2) is 5.78 Å². The van der Waals surface area contributed by atoms with E-state index in [1.54, 1.807) is 16.8 Å². The predicted octanol–water partition coefficient (Wildman–Crippen LogP) is 5.30. The number of fused-ring (bicyclic) bond motifs is 2. The predicted molar refractivity (Wildman–Crippen MR) is 118 cm³/mol. The van der Waals surface area contributed by atoms with E-state index in [2.05, 4.69) is 10.4 Å². The van der Waals surface area contributed by atoms with Crippen molar-refractivity contribution >= 4 is 39.9 Å². The molecular formula is C24H18ClN3O2. The van der Waals surface area contributed by atoms with Crippen LogP contribution in [0.5, 0.6) is 0 Å². The van der Waals surface area contributed by atoms with Gasteiger partial charge < -0.3 is 5.32 Å². The van der Waals surface area contributed by atoms with E-state index in [9.17, 15) is 9.59 Å². The minimum absolute atomic E-state index is 0.0679. The second kappa shape index (κ2) is 7.11. The Morgan fingerprint density at radius 2 is 1.80 bits per heavy atom. The molecule has 1 unspecified atom stereocenters. The second-order valence-corrected chi connectivity index (χ2v) is 7.87. The molecule has 0 saturated heterocycles. The Morgan fingerprint density at radius 3 is 2.60 bits per heavy atom. The van der Waals surface area contributed by atoms with Crippen LogP contribution in [-0.2, 0) is 4.79 Å². The average Bonchev–Trinajstić information content (AvgIpc) is 3.09. The molecular weight excluding hydrogens is 398 g/mol. The molecule has 2 heterocycles. The van der Waals surface area contributed by atoms with Crippen LogP contribution >= 0.6 is 11.6 Å². The molecule has 5 nitrogen and oxygen atoms in total. The van der Waals surface area contributed by atoms with Crippen LogP contribution in [0.4, 0.5) is 5.82 Å². The van der Waals surface area contributed by atoms with Crippen molar-refractivity contribution in [2.24, 2.45) is 0 Å². The molecule has 0 bridgehead atoms. The molecule has 1 atom stereocenters. The highest BCUT2D eigenvalue weighted by Gasteiger charge is 2.36. The number of nitrogens with zero attached hydrogens (tertiary/aromatic N) is 2. The Balaban J connectivity index is 1.64. The smallest absolute Gasteiger partial charge is 0.226 e. The first kappa shape index (κ1) is 18.6. The minimum atomic E-state index is -0.583. The Morgan fingerprint density at radius 1 is 1.07 bits per heavy atom. The number of carbonyl (C=O) groups excluding carboxylic acids is 2. The maximum absolute atomic E-state index is 13.6. The lowest BCUT2D eigenvalue weighted by atomic mass is 9.84. The highest BCUT2D eigenvalue weighted by Crippen LogP contribution is 2.39. The van der Waals surface area contributed by atoms with Gasteiger partial charge in [0.2, 0.25) is 5.91 Å². The molecule has 1 amide bonds. The lowest BCUT2D eigenvalue weighted by molar-refractivity contribution is -0.116. The summed E-state index contributed by atoms with van der Waals surface area (Å²) in [5.41, 5.74) is 2.88. The van der Waals surface area contributed by atoms with E-state index in [4.69, 9.17) is 11.6 Å². The Labute approximate surface area is 178 Å². The summed E-state index contributed by atoms with van der Waals surface area (Å²) in [6.07, 6.45) is 0.0994. The fourth-order valence-electron chi connectivity index (χ4n) is 4.17. The fraction of sp³-hybridized carbons (Fsp3) is 0.125. The van der Waals surface area contributed by atoms with Crippen molar-refractivity contribution < 1.29 is 9.59 Å². The summed E-state index contributed by atoms with van der Waals surface area (Å²) >= 11 is 6.01. The molecule has 1 aliphatic rings. The molecule has 1 aromatic heterocycles. The van der Waals surface area contributed by atoms with Gasteiger partial charge in [-0.15, -0.1) is 0 Å². The van der Waals surface area contributed by atoms with Crippen LogP contribution in [0, 0.1) is 6.92 Å². The van der Waals surface area contributed by atoms with Crippen molar-refractivity contribution in [3.8, 4) is 5.69 Å². The third-order valence-electron chi connectivity index (χ3n) is 5.55. The normalized spacial score (nSPS) is 15.7. The zero-order valence-corrected chi connectivity index (χ0v) is 17.0. The van der Waals surface area contributed by atoms with E-state index >= 15 is 0 Å². The topological polar surface area (TPSA) is 64.0 Å². The van der Waals surface area contributed by atoms with Gasteiger partial charge in [-0.1, -0.05) is 54.1 Å². The summed E-state index contributed by atoms with van der Waals surface area (Å²) < 4.78 is 1.67. The Hall–Kier alpha value is -3.44. The summed E-state index contributed by atoms with van der Waals surface area (Å²) in [6.45, 7) is 1.87. The van der Waals surface area contributed by atoms with Gasteiger partial charge in [0, 0.05) is 22.6 Å². The Kier molecular flexibility index (Phi) is 4.40. The van der Waals surface area contributed by atoms with Crippen molar-refractivity contribution in [1.29, 1.82) is 0 Å². The van der Waals surface area contributed by atoms with E-state index in [1.807, 2.05) is 61.5 Å². The molecule has 3 aromatic carbocycles. The number of halogens is 1. The zero-order chi connectivity index (χ0) is 20.8. The number of aromatic nitrogens is 2. The molecule has 4 aromatic rings. The van der Waals surface area contributed by atoms with E-state index in [-0.39, 0.29) is 18.1 Å². The van der Waals surface area contributed by atoms with Crippen molar-refractivity contribution in [3.63, 3.8) is 0 Å². The number of hydrogen-bond donors (Lipinski definition) is 1. The van der Waals surface area contributed by atoms with Crippen LogP contribution in [0.15, 0.2) is 66.7 Å². The first-order chi connectivity index (χ1) is 14.5. The van der Waals surface area contributed by atoms with Crippen molar-refractivity contribution in [2.45, 2.75) is 19.3 Å². The SMILES string of the molecule is Cc1nn(-c2ccc(Cl)cc2)c2c1C(C(=O)c1cccc3ccccc13)CC(=O)N2. The number of benzene rings is 3. The third-order valence-corrected chi connectivity index (χ3v) is 5.80. The number of aryl methyl sites for hydroxylation is 1. The summed E-state index contributed by atoms with van der Waals surface area (Å²) in [6, 6.07) is 20.7. The van der Waals surface area contributed by atoms with Crippen LogP contribution in [0.1, 0.15) is 34.0 Å². The minimum Gasteiger partial charge on any atom is -0.310 e. The Bertz CT molecular complexity index is 1300. The molecule has 0 spiro atoms. The van der Waals surface area contributed by atoms with E-state index in [0.29, 0.717) is 16.4 Å².